The highest BCUT2D eigenvalue weighted by Gasteiger charge is 2.45. The number of nitrogens with zero attached hydrogens (tertiary/aromatic N) is 3. The summed E-state index contributed by atoms with van der Waals surface area (Å²) in [5.41, 5.74) is 6.44. The molecule has 5 rings (SSSR count). The second kappa shape index (κ2) is 13.7. The maximum absolute atomic E-state index is 6.73. The largest absolute Gasteiger partial charge is 0.379 e. The Hall–Kier alpha value is -3.34. The van der Waals surface area contributed by atoms with Crippen molar-refractivity contribution < 1.29 is 0 Å². The normalized spacial score (nSPS) is 12.5. The Morgan fingerprint density at radius 1 is 0.636 bits per heavy atom. The van der Waals surface area contributed by atoms with Crippen LogP contribution in [0.1, 0.15) is 82.5 Å². The van der Waals surface area contributed by atoms with Gasteiger partial charge in [0.2, 0.25) is 0 Å². The number of unbranched alkanes of at least 4 members (excludes halogenated alkanes) is 1. The summed E-state index contributed by atoms with van der Waals surface area (Å²) in [4.78, 5) is 4.92. The molecule has 0 unspecified atom stereocenters. The van der Waals surface area contributed by atoms with Crippen molar-refractivity contribution in [2.45, 2.75) is 89.4 Å². The van der Waals surface area contributed by atoms with E-state index in [1.54, 1.807) is 0 Å². The van der Waals surface area contributed by atoms with Crippen molar-refractivity contribution in [2.75, 3.05) is 0 Å². The van der Waals surface area contributed by atoms with Crippen LogP contribution in [-0.4, -0.2) is 22.0 Å². The SMILES string of the molecule is CC(C)[Si](C(C)C)(C(C)C)n1ccc(CCCCc2nc(Cl)cn2C(c2ccccc2)(c2ccccc2)c2ccccc2)c1. The van der Waals surface area contributed by atoms with Crippen LogP contribution < -0.4 is 0 Å². The van der Waals surface area contributed by atoms with Crippen LogP contribution in [0.4, 0.5) is 0 Å². The fourth-order valence-corrected chi connectivity index (χ4v) is 14.9. The lowest BCUT2D eigenvalue weighted by Gasteiger charge is -2.44. The molecule has 0 bridgehead atoms. The second-order valence-corrected chi connectivity index (χ2v) is 19.3. The highest BCUT2D eigenvalue weighted by Crippen LogP contribution is 2.44. The van der Waals surface area contributed by atoms with E-state index in [-0.39, 0.29) is 0 Å². The Morgan fingerprint density at radius 2 is 1.09 bits per heavy atom. The first-order valence-electron chi connectivity index (χ1n) is 16.3. The van der Waals surface area contributed by atoms with Crippen LogP contribution in [0.25, 0.3) is 0 Å². The van der Waals surface area contributed by atoms with E-state index in [2.05, 4.69) is 160 Å². The molecule has 230 valence electrons. The van der Waals surface area contributed by atoms with Gasteiger partial charge in [-0.15, -0.1) is 0 Å². The van der Waals surface area contributed by atoms with Crippen LogP contribution in [-0.2, 0) is 18.4 Å². The average Bonchev–Trinajstić information content (AvgIpc) is 3.64. The summed E-state index contributed by atoms with van der Waals surface area (Å²) >= 11 is 6.73. The van der Waals surface area contributed by atoms with Gasteiger partial charge in [0.1, 0.15) is 16.5 Å². The molecule has 3 nitrogen and oxygen atoms in total. The smallest absolute Gasteiger partial charge is 0.168 e. The van der Waals surface area contributed by atoms with E-state index in [9.17, 15) is 0 Å². The highest BCUT2D eigenvalue weighted by molar-refractivity contribution is 6.82. The molecular formula is C39H48ClN3Si. The van der Waals surface area contributed by atoms with Crippen molar-refractivity contribution in [1.82, 2.24) is 13.8 Å². The molecule has 0 N–H and O–H groups in total. The van der Waals surface area contributed by atoms with E-state index < -0.39 is 13.8 Å². The summed E-state index contributed by atoms with van der Waals surface area (Å²) in [6.45, 7) is 14.6. The third-order valence-electron chi connectivity index (χ3n) is 9.78. The van der Waals surface area contributed by atoms with Gasteiger partial charge in [-0.3, -0.25) is 0 Å². The Morgan fingerprint density at radius 3 is 1.55 bits per heavy atom. The van der Waals surface area contributed by atoms with Gasteiger partial charge in [-0.05, 0) is 76.6 Å². The molecule has 0 saturated heterocycles. The molecular weight excluding hydrogens is 574 g/mol. The van der Waals surface area contributed by atoms with Crippen LogP contribution in [0.3, 0.4) is 0 Å². The fraction of sp³-hybridized carbons (Fsp3) is 0.359. The van der Waals surface area contributed by atoms with E-state index in [4.69, 9.17) is 16.6 Å². The van der Waals surface area contributed by atoms with Gasteiger partial charge < -0.3 is 8.80 Å². The van der Waals surface area contributed by atoms with Gasteiger partial charge in [-0.2, -0.15) is 0 Å². The molecule has 0 amide bonds. The molecule has 0 spiro atoms. The molecule has 5 heteroatoms. The van der Waals surface area contributed by atoms with Gasteiger partial charge in [-0.25, -0.2) is 4.98 Å². The second-order valence-electron chi connectivity index (χ2n) is 13.1. The Bertz CT molecular complexity index is 1480. The molecule has 0 aliphatic heterocycles. The number of halogens is 1. The minimum Gasteiger partial charge on any atom is -0.379 e. The number of rotatable bonds is 13. The first-order valence-corrected chi connectivity index (χ1v) is 18.9. The van der Waals surface area contributed by atoms with Crippen molar-refractivity contribution >= 4 is 19.8 Å². The lowest BCUT2D eigenvalue weighted by Crippen LogP contribution is -2.51. The maximum atomic E-state index is 6.73. The van der Waals surface area contributed by atoms with E-state index in [0.717, 1.165) is 31.5 Å². The van der Waals surface area contributed by atoms with Gasteiger partial charge in [0.05, 0.1) is 0 Å². The van der Waals surface area contributed by atoms with E-state index >= 15 is 0 Å². The third kappa shape index (κ3) is 5.87. The first-order chi connectivity index (χ1) is 21.2. The minimum absolute atomic E-state index is 0.529. The molecule has 2 aromatic heterocycles. The van der Waals surface area contributed by atoms with Crippen LogP contribution in [0.2, 0.25) is 21.8 Å². The zero-order chi connectivity index (χ0) is 31.3. The number of benzene rings is 3. The third-order valence-corrected chi connectivity index (χ3v) is 16.7. The summed E-state index contributed by atoms with van der Waals surface area (Å²) in [6.07, 6.45) is 10.9. The number of hydrogen-bond donors (Lipinski definition) is 0. The molecule has 0 saturated carbocycles. The Kier molecular flexibility index (Phi) is 10.0. The van der Waals surface area contributed by atoms with Crippen molar-refractivity contribution in [3.8, 4) is 0 Å². The molecule has 44 heavy (non-hydrogen) atoms. The predicted molar refractivity (Wildman–Crippen MR) is 189 cm³/mol. The van der Waals surface area contributed by atoms with Crippen LogP contribution >= 0.6 is 11.6 Å². The van der Waals surface area contributed by atoms with Crippen LogP contribution in [0, 0.1) is 0 Å². The summed E-state index contributed by atoms with van der Waals surface area (Å²) in [6, 6.07) is 34.6. The minimum atomic E-state index is -1.72. The standard InChI is InChI=1S/C39H48ClN3Si/c1-30(2)44(31(3)4,32(5)6)42-27-26-33(28-42)18-16-17-25-38-41-37(40)29-43(38)39(34-19-10-7-11-20-34,35-21-12-8-13-22-35)36-23-14-9-15-24-36/h7-15,19-24,26-32H,16-18,25H2,1-6H3. The molecule has 0 atom stereocenters. The first kappa shape index (κ1) is 32.1. The molecule has 5 aromatic rings. The van der Waals surface area contributed by atoms with Crippen molar-refractivity contribution in [1.29, 1.82) is 0 Å². The topological polar surface area (TPSA) is 22.8 Å². The van der Waals surface area contributed by atoms with E-state index in [1.165, 1.54) is 22.3 Å². The van der Waals surface area contributed by atoms with Gasteiger partial charge in [0, 0.05) is 12.6 Å². The lowest BCUT2D eigenvalue weighted by molar-refractivity contribution is 0.486. The summed E-state index contributed by atoms with van der Waals surface area (Å²) in [5, 5.41) is 0.529. The predicted octanol–water partition coefficient (Wildman–Crippen LogP) is 10.8. The number of aryl methyl sites for hydroxylation is 2. The van der Waals surface area contributed by atoms with E-state index in [0.29, 0.717) is 21.8 Å². The van der Waals surface area contributed by atoms with Crippen LogP contribution in [0.15, 0.2) is 116 Å². The maximum Gasteiger partial charge on any atom is 0.168 e. The quantitative estimate of drug-likeness (QED) is 0.0728. The zero-order valence-corrected chi connectivity index (χ0v) is 29.0. The van der Waals surface area contributed by atoms with Crippen molar-refractivity contribution in [3.05, 3.63) is 149 Å². The van der Waals surface area contributed by atoms with Gasteiger partial charge in [0.15, 0.2) is 8.24 Å². The number of hydrogen-bond acceptors (Lipinski definition) is 1. The Labute approximate surface area is 271 Å². The fourth-order valence-electron chi connectivity index (χ4n) is 8.15. The molecule has 0 aliphatic rings. The molecule has 3 aromatic carbocycles. The molecule has 0 aliphatic carbocycles. The average molecular weight is 622 g/mol. The summed E-state index contributed by atoms with van der Waals surface area (Å²) < 4.78 is 4.99. The monoisotopic (exact) mass is 621 g/mol. The van der Waals surface area contributed by atoms with Crippen molar-refractivity contribution in [2.24, 2.45) is 0 Å². The highest BCUT2D eigenvalue weighted by atomic mass is 35.5. The lowest BCUT2D eigenvalue weighted by atomic mass is 9.76. The summed E-state index contributed by atoms with van der Waals surface area (Å²) in [7, 11) is -1.72. The van der Waals surface area contributed by atoms with Gasteiger partial charge >= 0.3 is 0 Å². The zero-order valence-electron chi connectivity index (χ0n) is 27.2. The molecule has 2 heterocycles. The van der Waals surface area contributed by atoms with E-state index in [1.807, 2.05) is 6.20 Å². The number of imidazole rings is 1. The molecule has 0 fully saturated rings. The molecule has 0 radical (unpaired) electrons. The van der Waals surface area contributed by atoms with Crippen molar-refractivity contribution in [3.63, 3.8) is 0 Å². The van der Waals surface area contributed by atoms with Gasteiger partial charge in [-0.1, -0.05) is 144 Å². The number of aromatic nitrogens is 3. The van der Waals surface area contributed by atoms with Crippen LogP contribution in [0.5, 0.6) is 0 Å². The van der Waals surface area contributed by atoms with Gasteiger partial charge in [0.25, 0.3) is 0 Å². The summed E-state index contributed by atoms with van der Waals surface area (Å²) in [5.74, 6) is 1.01. The Balaban J connectivity index is 1.45.